The number of amides is 11. The van der Waals surface area contributed by atoms with Crippen molar-refractivity contribution in [1.29, 1.82) is 0 Å². The van der Waals surface area contributed by atoms with Crippen molar-refractivity contribution in [1.82, 2.24) is 63.9 Å². The molecule has 0 aliphatic heterocycles. The fraction of sp³-hybridized carbons (Fsp3) is 0.635. The van der Waals surface area contributed by atoms with Gasteiger partial charge in [-0.3, -0.25) is 52.7 Å². The molecule has 0 radical (unpaired) electrons. The molecule has 0 atom stereocenters. The molecule has 4 aromatic carbocycles. The van der Waals surface area contributed by atoms with Crippen LogP contribution in [0.5, 0.6) is 0 Å². The first-order chi connectivity index (χ1) is 63.8. The topological polar surface area (TPSA) is 328 Å². The van der Waals surface area contributed by atoms with E-state index in [1.165, 1.54) is 58.5 Å². The Morgan fingerprint density at radius 1 is 0.275 bits per heavy atom. The highest BCUT2D eigenvalue weighted by Crippen LogP contribution is 2.19. The van der Waals surface area contributed by atoms with Gasteiger partial charge < -0.3 is 76.1 Å². The van der Waals surface area contributed by atoms with Gasteiger partial charge in [-0.05, 0) is 86.6 Å². The first-order valence-corrected chi connectivity index (χ1v) is 50.1. The smallest absolute Gasteiger partial charge is 0.242 e. The lowest BCUT2D eigenvalue weighted by molar-refractivity contribution is -0.149. The zero-order chi connectivity index (χ0) is 94.5. The van der Waals surface area contributed by atoms with E-state index in [1.54, 1.807) is 22.3 Å². The molecule has 0 aliphatic rings. The summed E-state index contributed by atoms with van der Waals surface area (Å²) in [7, 11) is 0. The number of aromatic nitrogens is 2. The fourth-order valence-corrected chi connectivity index (χ4v) is 16.3. The van der Waals surface area contributed by atoms with Crippen LogP contribution in [0.15, 0.2) is 140 Å². The molecule has 728 valence electrons. The lowest BCUT2D eigenvalue weighted by Crippen LogP contribution is -2.54. The van der Waals surface area contributed by atoms with Crippen molar-refractivity contribution >= 4 is 65.0 Å². The summed E-state index contributed by atoms with van der Waals surface area (Å²) < 4.78 is 1.94. The Kier molecular flexibility index (Phi) is 60.4. The lowest BCUT2D eigenvalue weighted by Gasteiger charge is -2.33. The summed E-state index contributed by atoms with van der Waals surface area (Å²) in [6, 6.07) is 38.1. The molecule has 131 heavy (non-hydrogen) atoms. The molecule has 0 spiro atoms. The second-order valence-corrected chi connectivity index (χ2v) is 35.4. The van der Waals surface area contributed by atoms with Crippen molar-refractivity contribution < 1.29 is 52.7 Å². The summed E-state index contributed by atoms with van der Waals surface area (Å²) in [5.41, 5.74) is 21.8. The third-order valence-electron chi connectivity index (χ3n) is 24.4. The zero-order valence-corrected chi connectivity index (χ0v) is 80.7. The molecule has 27 heteroatoms. The largest absolute Gasteiger partial charge is 0.368 e. The van der Waals surface area contributed by atoms with Gasteiger partial charge in [-0.15, -0.1) is 0 Å². The van der Waals surface area contributed by atoms with E-state index in [1.807, 2.05) is 132 Å². The van der Waals surface area contributed by atoms with Crippen LogP contribution in [0, 0.1) is 0 Å². The molecule has 0 unspecified atom stereocenters. The molecule has 1 heterocycles. The number of hydrogen-bond acceptors (Lipinski definition) is 15. The van der Waals surface area contributed by atoms with Crippen LogP contribution in [0.2, 0.25) is 0 Å². The van der Waals surface area contributed by atoms with Crippen molar-refractivity contribution in [2.45, 2.75) is 272 Å². The van der Waals surface area contributed by atoms with Crippen LogP contribution < -0.4 is 22.5 Å². The normalized spacial score (nSPS) is 11.1. The molecule has 0 saturated carbocycles. The SMILES string of the molecule is CCCCCCCCCCN(CC(N)=O)C(=O)CN(CCCCCCCCCC)C(=O)CN(CCCCCCCCCC)C(=O)CN(CCCCCCCCCC)C(=O)CN(CCc1ccccc1)C(=O)CN(CCc1ccccc1)C(=O)CN(CCN)C(=O)CN(CCc1ccccc1)C(=O)CN(CCc1ccccc1)C(=O)CN(CCN)C(=O)CNCCCn1ccnc1. The van der Waals surface area contributed by atoms with Crippen molar-refractivity contribution in [2.75, 3.05) is 157 Å². The van der Waals surface area contributed by atoms with E-state index in [-0.39, 0.29) is 117 Å². The second kappa shape index (κ2) is 70.9. The minimum Gasteiger partial charge on any atom is -0.368 e. The van der Waals surface area contributed by atoms with E-state index in [2.05, 4.69) is 38.0 Å². The van der Waals surface area contributed by atoms with E-state index in [9.17, 15) is 19.2 Å². The molecule has 11 amide bonds. The Hall–Kier alpha value is -9.86. The average molecular weight is 1820 g/mol. The molecule has 0 fully saturated rings. The van der Waals surface area contributed by atoms with Crippen LogP contribution in [0.25, 0.3) is 0 Å². The van der Waals surface area contributed by atoms with E-state index in [0.717, 1.165) is 189 Å². The number of benzene rings is 4. The molecule has 5 aromatic rings. The van der Waals surface area contributed by atoms with Crippen LogP contribution in [0.3, 0.4) is 0 Å². The fourth-order valence-electron chi connectivity index (χ4n) is 16.3. The molecular formula is C104H166N16O11. The number of carbonyl (C=O) groups is 11. The zero-order valence-electron chi connectivity index (χ0n) is 80.7. The maximum absolute atomic E-state index is 15.7. The molecule has 27 nitrogen and oxygen atoms in total. The third-order valence-corrected chi connectivity index (χ3v) is 24.4. The van der Waals surface area contributed by atoms with Gasteiger partial charge in [0, 0.05) is 97.5 Å². The van der Waals surface area contributed by atoms with Gasteiger partial charge in [0.1, 0.15) is 0 Å². The first-order valence-electron chi connectivity index (χ1n) is 50.1. The van der Waals surface area contributed by atoms with Crippen LogP contribution in [0.4, 0.5) is 0 Å². The van der Waals surface area contributed by atoms with Gasteiger partial charge in [-0.2, -0.15) is 0 Å². The number of nitrogens with zero attached hydrogens (tertiary/aromatic N) is 12. The van der Waals surface area contributed by atoms with Gasteiger partial charge in [-0.1, -0.05) is 329 Å². The number of hydrogen-bond donors (Lipinski definition) is 4. The first kappa shape index (κ1) is 112. The molecule has 1 aromatic heterocycles. The van der Waals surface area contributed by atoms with Gasteiger partial charge in [0.25, 0.3) is 0 Å². The summed E-state index contributed by atoms with van der Waals surface area (Å²) in [6.07, 6.45) is 39.5. The molecular weight excluding hydrogens is 1650 g/mol. The van der Waals surface area contributed by atoms with E-state index >= 15 is 33.6 Å². The molecule has 5 rings (SSSR count). The minimum absolute atomic E-state index is 0.0220. The Morgan fingerprint density at radius 2 is 0.496 bits per heavy atom. The summed E-state index contributed by atoms with van der Waals surface area (Å²) in [6.45, 7) is 7.03. The van der Waals surface area contributed by atoms with E-state index in [0.29, 0.717) is 71.0 Å². The summed E-state index contributed by atoms with van der Waals surface area (Å²) in [5.74, 6) is -5.51. The molecule has 0 saturated heterocycles. The predicted molar refractivity (Wildman–Crippen MR) is 524 cm³/mol. The van der Waals surface area contributed by atoms with Gasteiger partial charge in [0.05, 0.1) is 78.3 Å². The van der Waals surface area contributed by atoms with Crippen LogP contribution in [0.1, 0.15) is 262 Å². The number of carbonyl (C=O) groups excluding carboxylic acids is 11. The van der Waals surface area contributed by atoms with Crippen molar-refractivity contribution in [2.24, 2.45) is 17.2 Å². The van der Waals surface area contributed by atoms with Gasteiger partial charge >= 0.3 is 0 Å². The molecule has 0 aliphatic carbocycles. The number of nitrogens with one attached hydrogen (secondary N) is 1. The van der Waals surface area contributed by atoms with Crippen LogP contribution >= 0.6 is 0 Å². The Balaban J connectivity index is 1.49. The number of primary amides is 1. The summed E-state index contributed by atoms with van der Waals surface area (Å²) >= 11 is 0. The van der Waals surface area contributed by atoms with Crippen LogP contribution in [-0.2, 0) is 85.0 Å². The maximum Gasteiger partial charge on any atom is 0.242 e. The third kappa shape index (κ3) is 50.0. The maximum atomic E-state index is 15.7. The quantitative estimate of drug-likeness (QED) is 0.0263. The summed E-state index contributed by atoms with van der Waals surface area (Å²) in [5, 5.41) is 3.19. The van der Waals surface area contributed by atoms with Crippen molar-refractivity contribution in [3.05, 3.63) is 162 Å². The number of unbranched alkanes of at least 4 members (excludes halogenated alkanes) is 28. The number of imidazole rings is 1. The lowest BCUT2D eigenvalue weighted by atomic mass is 10.1. The highest BCUT2D eigenvalue weighted by atomic mass is 16.2. The van der Waals surface area contributed by atoms with Crippen LogP contribution in [-0.4, -0.2) is 281 Å². The monoisotopic (exact) mass is 1820 g/mol. The van der Waals surface area contributed by atoms with E-state index in [4.69, 9.17) is 17.2 Å². The highest BCUT2D eigenvalue weighted by Gasteiger charge is 2.33. The Bertz CT molecular complexity index is 3920. The minimum atomic E-state index is -0.639. The standard InChI is InChI=1S/C104H166N16O11/c1-5-9-13-17-21-25-29-45-67-111(79-94(107)121)96(123)80-112(68-46-30-26-22-18-14-10-6-2)97(124)81-113(69-47-31-27-23-19-15-11-7-3)98(125)82-114(70-48-32-28-24-20-16-12-8-4)99(126)83-115(71-58-90-50-37-33-38-51-90)100(127)85-117(73-60-92-54-41-35-42-55-92)103(130)88-120(76-63-106)104(131)86-118(74-61-93-56-43-36-44-57-93)101(128)84-116(72-59-91-52-39-34-40-53-91)102(129)87-119(75-62-105)95(122)78-108-64-49-66-110-77-65-109-89-110/h33-44,50-57,65,77,89,108H,5-32,45-49,58-64,66-76,78-88,105-106H2,1-4H3,(H2,107,121). The highest BCUT2D eigenvalue weighted by molar-refractivity contribution is 5.95. The molecule has 0 bridgehead atoms. The predicted octanol–water partition coefficient (Wildman–Crippen LogP) is 13.1. The Morgan fingerprint density at radius 3 is 0.725 bits per heavy atom. The van der Waals surface area contributed by atoms with Gasteiger partial charge in [0.15, 0.2) is 0 Å². The summed E-state index contributed by atoms with van der Waals surface area (Å²) in [4.78, 5) is 183. The van der Waals surface area contributed by atoms with E-state index < -0.39 is 92.4 Å². The second-order valence-electron chi connectivity index (χ2n) is 35.4. The number of nitrogens with two attached hydrogens (primary N) is 3. The number of rotatable bonds is 78. The van der Waals surface area contributed by atoms with Gasteiger partial charge in [-0.25, -0.2) is 4.98 Å². The average Bonchev–Trinajstić information content (AvgIpc) is 1.09. The van der Waals surface area contributed by atoms with Gasteiger partial charge in [0.2, 0.25) is 65.0 Å². The van der Waals surface area contributed by atoms with Crippen molar-refractivity contribution in [3.8, 4) is 0 Å². The Labute approximate surface area is 785 Å². The number of aryl methyl sites for hydroxylation is 1. The van der Waals surface area contributed by atoms with Crippen molar-refractivity contribution in [3.63, 3.8) is 0 Å². The molecule has 7 N–H and O–H groups in total.